The largest absolute Gasteiger partial charge is 0.241 e. The molecule has 1 aromatic heterocycles. The van der Waals surface area contributed by atoms with Crippen LogP contribution in [0, 0.1) is 6.92 Å². The molecule has 0 saturated heterocycles. The predicted molar refractivity (Wildman–Crippen MR) is 62.8 cm³/mol. The highest BCUT2D eigenvalue weighted by molar-refractivity contribution is 8.13. The van der Waals surface area contributed by atoms with Crippen molar-refractivity contribution in [2.75, 3.05) is 0 Å². The minimum atomic E-state index is -3.52. The third-order valence-corrected chi connectivity index (χ3v) is 3.86. The molecule has 2 rings (SSSR count). The van der Waals surface area contributed by atoms with Crippen LogP contribution < -0.4 is 0 Å². The van der Waals surface area contributed by atoms with Crippen LogP contribution >= 0.6 is 22.0 Å². The summed E-state index contributed by atoms with van der Waals surface area (Å²) in [5, 5.41) is 0.921. The lowest BCUT2D eigenvalue weighted by Crippen LogP contribution is -1.95. The highest BCUT2D eigenvalue weighted by Crippen LogP contribution is 2.26. The van der Waals surface area contributed by atoms with Gasteiger partial charge in [-0.3, -0.25) is 0 Å². The number of halogens is 1. The Kier molecular flexibility index (Phi) is 2.70. The molecule has 0 spiro atoms. The standard InChI is InChI=1S/C9H8ClNO2S2/c1-6-11-9-7(5-15(10,12)13)3-2-4-8(9)14-6/h2-4H,5H2,1H3. The summed E-state index contributed by atoms with van der Waals surface area (Å²) >= 11 is 1.54. The van der Waals surface area contributed by atoms with Crippen LogP contribution in [0.4, 0.5) is 0 Å². The molecule has 0 saturated carbocycles. The van der Waals surface area contributed by atoms with Crippen molar-refractivity contribution in [3.05, 3.63) is 28.8 Å². The molecule has 0 unspecified atom stereocenters. The smallest absolute Gasteiger partial charge is 0.236 e. The Morgan fingerprint density at radius 1 is 1.47 bits per heavy atom. The lowest BCUT2D eigenvalue weighted by molar-refractivity contribution is 0.609. The normalized spacial score (nSPS) is 12.1. The van der Waals surface area contributed by atoms with E-state index in [-0.39, 0.29) is 5.75 Å². The Labute approximate surface area is 96.1 Å². The average Bonchev–Trinajstić information content (AvgIpc) is 2.43. The zero-order valence-corrected chi connectivity index (χ0v) is 10.3. The molecule has 0 aliphatic carbocycles. The summed E-state index contributed by atoms with van der Waals surface area (Å²) < 4.78 is 23.0. The van der Waals surface area contributed by atoms with Gasteiger partial charge in [-0.05, 0) is 18.6 Å². The van der Waals surface area contributed by atoms with Crippen molar-refractivity contribution in [1.82, 2.24) is 4.98 Å². The zero-order valence-electron chi connectivity index (χ0n) is 7.90. The molecule has 0 fully saturated rings. The Morgan fingerprint density at radius 3 is 2.87 bits per heavy atom. The van der Waals surface area contributed by atoms with Gasteiger partial charge in [0.15, 0.2) is 0 Å². The maximum absolute atomic E-state index is 11.0. The van der Waals surface area contributed by atoms with Gasteiger partial charge in [0.1, 0.15) is 0 Å². The van der Waals surface area contributed by atoms with Crippen molar-refractivity contribution < 1.29 is 8.42 Å². The first-order valence-electron chi connectivity index (χ1n) is 4.23. The molecule has 1 aromatic carbocycles. The summed E-state index contributed by atoms with van der Waals surface area (Å²) in [6.07, 6.45) is 0. The lowest BCUT2D eigenvalue weighted by Gasteiger charge is -1.98. The third-order valence-electron chi connectivity index (χ3n) is 1.94. The summed E-state index contributed by atoms with van der Waals surface area (Å²) in [6, 6.07) is 5.48. The molecular formula is C9H8ClNO2S2. The van der Waals surface area contributed by atoms with E-state index in [4.69, 9.17) is 10.7 Å². The molecule has 80 valence electrons. The van der Waals surface area contributed by atoms with Gasteiger partial charge < -0.3 is 0 Å². The van der Waals surface area contributed by atoms with Crippen molar-refractivity contribution >= 4 is 41.3 Å². The Hall–Kier alpha value is -0.650. The minimum Gasteiger partial charge on any atom is -0.241 e. The van der Waals surface area contributed by atoms with Gasteiger partial charge in [0.2, 0.25) is 9.05 Å². The second kappa shape index (κ2) is 3.73. The maximum atomic E-state index is 11.0. The highest BCUT2D eigenvalue weighted by Gasteiger charge is 2.12. The predicted octanol–water partition coefficient (Wildman–Crippen LogP) is 2.67. The monoisotopic (exact) mass is 261 g/mol. The molecule has 15 heavy (non-hydrogen) atoms. The summed E-state index contributed by atoms with van der Waals surface area (Å²) in [5.41, 5.74) is 1.40. The van der Waals surface area contributed by atoms with E-state index in [2.05, 4.69) is 4.98 Å². The lowest BCUT2D eigenvalue weighted by atomic mass is 10.2. The minimum absolute atomic E-state index is 0.172. The van der Waals surface area contributed by atoms with Crippen LogP contribution in [0.2, 0.25) is 0 Å². The number of para-hydroxylation sites is 1. The van der Waals surface area contributed by atoms with Gasteiger partial charge >= 0.3 is 0 Å². The second-order valence-electron chi connectivity index (χ2n) is 3.18. The van der Waals surface area contributed by atoms with E-state index in [9.17, 15) is 8.42 Å². The molecular weight excluding hydrogens is 254 g/mol. The van der Waals surface area contributed by atoms with E-state index in [0.29, 0.717) is 5.56 Å². The summed E-state index contributed by atoms with van der Waals surface area (Å²) in [7, 11) is 1.70. The van der Waals surface area contributed by atoms with E-state index >= 15 is 0 Å². The SMILES string of the molecule is Cc1nc2c(CS(=O)(=O)Cl)cccc2s1. The molecule has 3 nitrogen and oxygen atoms in total. The van der Waals surface area contributed by atoms with Crippen LogP contribution in [0.5, 0.6) is 0 Å². The van der Waals surface area contributed by atoms with E-state index in [1.807, 2.05) is 19.1 Å². The van der Waals surface area contributed by atoms with E-state index in [0.717, 1.165) is 15.2 Å². The van der Waals surface area contributed by atoms with E-state index in [1.54, 1.807) is 17.4 Å². The maximum Gasteiger partial charge on any atom is 0.236 e. The van der Waals surface area contributed by atoms with Crippen LogP contribution in [-0.4, -0.2) is 13.4 Å². The molecule has 0 amide bonds. The number of hydrogen-bond acceptors (Lipinski definition) is 4. The van der Waals surface area contributed by atoms with E-state index < -0.39 is 9.05 Å². The average molecular weight is 262 g/mol. The highest BCUT2D eigenvalue weighted by atomic mass is 35.7. The van der Waals surface area contributed by atoms with Crippen molar-refractivity contribution in [2.24, 2.45) is 0 Å². The number of fused-ring (bicyclic) bond motifs is 1. The number of thiazole rings is 1. The van der Waals surface area contributed by atoms with Gasteiger partial charge in [0.05, 0.1) is 21.0 Å². The topological polar surface area (TPSA) is 47.0 Å². The van der Waals surface area contributed by atoms with Crippen molar-refractivity contribution in [3.63, 3.8) is 0 Å². The first kappa shape index (κ1) is 10.9. The van der Waals surface area contributed by atoms with Crippen LogP contribution in [0.15, 0.2) is 18.2 Å². The molecule has 0 aliphatic heterocycles. The van der Waals surface area contributed by atoms with Gasteiger partial charge in [-0.15, -0.1) is 11.3 Å². The van der Waals surface area contributed by atoms with Gasteiger partial charge in [-0.2, -0.15) is 0 Å². The molecule has 0 atom stereocenters. The van der Waals surface area contributed by atoms with Crippen molar-refractivity contribution in [2.45, 2.75) is 12.7 Å². The van der Waals surface area contributed by atoms with E-state index in [1.165, 1.54) is 0 Å². The Morgan fingerprint density at radius 2 is 2.20 bits per heavy atom. The molecule has 2 aromatic rings. The van der Waals surface area contributed by atoms with Gasteiger partial charge in [-0.1, -0.05) is 12.1 Å². The summed E-state index contributed by atoms with van der Waals surface area (Å²) in [6.45, 7) is 1.89. The van der Waals surface area contributed by atoms with Crippen LogP contribution in [0.3, 0.4) is 0 Å². The summed E-state index contributed by atoms with van der Waals surface area (Å²) in [5.74, 6) is -0.172. The molecule has 6 heteroatoms. The number of aryl methyl sites for hydroxylation is 1. The molecule has 0 bridgehead atoms. The van der Waals surface area contributed by atoms with Crippen LogP contribution in [0.1, 0.15) is 10.6 Å². The fourth-order valence-corrected chi connectivity index (χ4v) is 3.25. The Balaban J connectivity index is 2.60. The molecule has 0 N–H and O–H groups in total. The van der Waals surface area contributed by atoms with Gasteiger partial charge in [-0.25, -0.2) is 13.4 Å². The summed E-state index contributed by atoms with van der Waals surface area (Å²) in [4.78, 5) is 4.29. The number of nitrogens with zero attached hydrogens (tertiary/aromatic N) is 1. The van der Waals surface area contributed by atoms with Gasteiger partial charge in [0.25, 0.3) is 0 Å². The number of benzene rings is 1. The fraction of sp³-hybridized carbons (Fsp3) is 0.222. The molecule has 0 radical (unpaired) electrons. The van der Waals surface area contributed by atoms with Gasteiger partial charge in [0, 0.05) is 10.7 Å². The molecule has 1 heterocycles. The van der Waals surface area contributed by atoms with Crippen LogP contribution in [0.25, 0.3) is 10.2 Å². The zero-order chi connectivity index (χ0) is 11.1. The fourth-order valence-electron chi connectivity index (χ4n) is 1.42. The molecule has 0 aliphatic rings. The quantitative estimate of drug-likeness (QED) is 0.781. The number of rotatable bonds is 2. The van der Waals surface area contributed by atoms with Crippen LogP contribution in [-0.2, 0) is 14.8 Å². The third kappa shape index (κ3) is 2.48. The van der Waals surface area contributed by atoms with Crippen molar-refractivity contribution in [1.29, 1.82) is 0 Å². The first-order valence-corrected chi connectivity index (χ1v) is 7.52. The number of hydrogen-bond donors (Lipinski definition) is 0. The second-order valence-corrected chi connectivity index (χ2v) is 7.19. The Bertz CT molecular complexity index is 604. The first-order chi connectivity index (χ1) is 6.96. The number of aromatic nitrogens is 1. The van der Waals surface area contributed by atoms with Crippen molar-refractivity contribution in [3.8, 4) is 0 Å².